The van der Waals surface area contributed by atoms with Crippen LogP contribution in [-0.4, -0.2) is 43.5 Å². The molecule has 6 heteroatoms. The first kappa shape index (κ1) is 21.8. The van der Waals surface area contributed by atoms with Crippen LogP contribution in [-0.2, 0) is 11.3 Å². The number of carbonyl (C=O) groups is 2. The van der Waals surface area contributed by atoms with Crippen molar-refractivity contribution in [1.82, 2.24) is 10.2 Å². The number of hydrogen-bond donors (Lipinski definition) is 2. The van der Waals surface area contributed by atoms with Crippen molar-refractivity contribution < 1.29 is 14.3 Å². The largest absolute Gasteiger partial charge is 0.497 e. The van der Waals surface area contributed by atoms with Gasteiger partial charge in [-0.05, 0) is 49.7 Å². The topological polar surface area (TPSA) is 70.7 Å². The van der Waals surface area contributed by atoms with Gasteiger partial charge < -0.3 is 15.4 Å². The lowest BCUT2D eigenvalue weighted by molar-refractivity contribution is -0.115. The van der Waals surface area contributed by atoms with Gasteiger partial charge in [-0.3, -0.25) is 14.5 Å². The van der Waals surface area contributed by atoms with Crippen LogP contribution in [0.25, 0.3) is 0 Å². The molecule has 3 rings (SSSR count). The maximum absolute atomic E-state index is 12.4. The van der Waals surface area contributed by atoms with E-state index in [1.165, 1.54) is 32.1 Å². The second-order valence-corrected chi connectivity index (χ2v) is 7.83. The molecule has 1 aliphatic rings. The molecule has 0 aliphatic heterocycles. The zero-order chi connectivity index (χ0) is 21.3. The number of methoxy groups -OCH3 is 1. The van der Waals surface area contributed by atoms with E-state index in [4.69, 9.17) is 4.74 Å². The summed E-state index contributed by atoms with van der Waals surface area (Å²) in [6.45, 7) is 0.695. The summed E-state index contributed by atoms with van der Waals surface area (Å²) in [4.78, 5) is 27.1. The quantitative estimate of drug-likeness (QED) is 0.695. The summed E-state index contributed by atoms with van der Waals surface area (Å²) in [5.74, 6) is 0.0384. The average molecular weight is 410 g/mol. The number of nitrogens with one attached hydrogen (secondary N) is 2. The number of hydrogen-bond acceptors (Lipinski definition) is 4. The zero-order valence-electron chi connectivity index (χ0n) is 17.8. The minimum Gasteiger partial charge on any atom is -0.497 e. The van der Waals surface area contributed by atoms with Crippen molar-refractivity contribution in [2.75, 3.05) is 26.0 Å². The second-order valence-electron chi connectivity index (χ2n) is 7.83. The predicted molar refractivity (Wildman–Crippen MR) is 119 cm³/mol. The van der Waals surface area contributed by atoms with E-state index >= 15 is 0 Å². The van der Waals surface area contributed by atoms with Gasteiger partial charge >= 0.3 is 0 Å². The van der Waals surface area contributed by atoms with Crippen molar-refractivity contribution in [2.24, 2.45) is 0 Å². The molecule has 2 aromatic carbocycles. The Morgan fingerprint density at radius 2 is 1.83 bits per heavy atom. The first-order chi connectivity index (χ1) is 14.6. The van der Waals surface area contributed by atoms with Gasteiger partial charge in [0, 0.05) is 23.8 Å². The molecule has 1 saturated carbocycles. The number of nitrogens with zero attached hydrogens (tertiary/aromatic N) is 1. The van der Waals surface area contributed by atoms with Gasteiger partial charge in [0.15, 0.2) is 0 Å². The molecule has 0 atom stereocenters. The summed E-state index contributed by atoms with van der Waals surface area (Å²) in [6.07, 6.45) is 6.39. The van der Waals surface area contributed by atoms with Crippen LogP contribution in [0.3, 0.4) is 0 Å². The highest BCUT2D eigenvalue weighted by Crippen LogP contribution is 2.24. The second kappa shape index (κ2) is 10.8. The lowest BCUT2D eigenvalue weighted by Gasteiger charge is -2.31. The molecule has 2 aromatic rings. The van der Waals surface area contributed by atoms with E-state index in [-0.39, 0.29) is 18.4 Å². The van der Waals surface area contributed by atoms with E-state index in [2.05, 4.69) is 22.6 Å². The van der Waals surface area contributed by atoms with Crippen molar-refractivity contribution in [3.63, 3.8) is 0 Å². The number of para-hydroxylation sites is 1. The van der Waals surface area contributed by atoms with Gasteiger partial charge in [-0.15, -0.1) is 0 Å². The fraction of sp³-hybridized carbons (Fsp3) is 0.417. The van der Waals surface area contributed by atoms with E-state index in [0.29, 0.717) is 17.4 Å². The van der Waals surface area contributed by atoms with Gasteiger partial charge in [-0.1, -0.05) is 43.5 Å². The fourth-order valence-corrected chi connectivity index (χ4v) is 3.92. The van der Waals surface area contributed by atoms with Gasteiger partial charge in [0.25, 0.3) is 5.91 Å². The molecule has 0 bridgehead atoms. The lowest BCUT2D eigenvalue weighted by atomic mass is 9.94. The summed E-state index contributed by atoms with van der Waals surface area (Å²) >= 11 is 0. The first-order valence-electron chi connectivity index (χ1n) is 10.6. The van der Waals surface area contributed by atoms with Crippen molar-refractivity contribution in [3.05, 3.63) is 59.7 Å². The molecule has 1 fully saturated rings. The monoisotopic (exact) mass is 409 g/mol. The lowest BCUT2D eigenvalue weighted by Crippen LogP contribution is -2.34. The standard InChI is InChI=1S/C24H31N3O3/c1-27(20-11-4-3-5-12-20)17-19-9-6-7-14-22(19)26-23(28)16-25-24(29)18-10-8-13-21(15-18)30-2/h6-10,13-15,20H,3-5,11-12,16-17H2,1-2H3,(H,25,29)(H,26,28). The van der Waals surface area contributed by atoms with Crippen LogP contribution in [0.4, 0.5) is 5.69 Å². The molecule has 2 amide bonds. The fourth-order valence-electron chi connectivity index (χ4n) is 3.92. The summed E-state index contributed by atoms with van der Waals surface area (Å²) in [5.41, 5.74) is 2.33. The van der Waals surface area contributed by atoms with Gasteiger partial charge in [0.2, 0.25) is 5.91 Å². The number of anilines is 1. The molecule has 0 saturated heterocycles. The number of benzene rings is 2. The Balaban J connectivity index is 1.55. The third kappa shape index (κ3) is 6.07. The summed E-state index contributed by atoms with van der Waals surface area (Å²) in [7, 11) is 3.70. The zero-order valence-corrected chi connectivity index (χ0v) is 17.8. The molecule has 0 spiro atoms. The van der Waals surface area contributed by atoms with Crippen LogP contribution < -0.4 is 15.4 Å². The average Bonchev–Trinajstić information content (AvgIpc) is 2.79. The number of ether oxygens (including phenoxy) is 1. The molecule has 30 heavy (non-hydrogen) atoms. The van der Waals surface area contributed by atoms with Gasteiger partial charge in [0.1, 0.15) is 5.75 Å². The molecule has 1 aliphatic carbocycles. The number of amides is 2. The van der Waals surface area contributed by atoms with Crippen LogP contribution in [0.15, 0.2) is 48.5 Å². The minimum absolute atomic E-state index is 0.0944. The predicted octanol–water partition coefficient (Wildman–Crippen LogP) is 3.83. The van der Waals surface area contributed by atoms with Crippen LogP contribution in [0.1, 0.15) is 48.0 Å². The SMILES string of the molecule is COc1cccc(C(=O)NCC(=O)Nc2ccccc2CN(C)C2CCCCC2)c1. The Bertz CT molecular complexity index is 862. The van der Waals surface area contributed by atoms with Crippen molar-refractivity contribution in [2.45, 2.75) is 44.7 Å². The van der Waals surface area contributed by atoms with E-state index in [9.17, 15) is 9.59 Å². The molecule has 2 N–H and O–H groups in total. The molecule has 6 nitrogen and oxygen atoms in total. The Labute approximate surface area is 178 Å². The van der Waals surface area contributed by atoms with E-state index in [1.54, 1.807) is 31.4 Å². The van der Waals surface area contributed by atoms with Gasteiger partial charge in [-0.2, -0.15) is 0 Å². The molecular formula is C24H31N3O3. The third-order valence-electron chi connectivity index (χ3n) is 5.65. The van der Waals surface area contributed by atoms with E-state index in [0.717, 1.165) is 17.8 Å². The van der Waals surface area contributed by atoms with Crippen LogP contribution >= 0.6 is 0 Å². The van der Waals surface area contributed by atoms with Gasteiger partial charge in [-0.25, -0.2) is 0 Å². The molecule has 0 unspecified atom stereocenters. The van der Waals surface area contributed by atoms with Crippen LogP contribution in [0, 0.1) is 0 Å². The van der Waals surface area contributed by atoms with Crippen LogP contribution in [0.2, 0.25) is 0 Å². The van der Waals surface area contributed by atoms with Crippen molar-refractivity contribution in [3.8, 4) is 5.75 Å². The highest BCUT2D eigenvalue weighted by molar-refractivity contribution is 5.99. The maximum Gasteiger partial charge on any atom is 0.251 e. The summed E-state index contributed by atoms with van der Waals surface area (Å²) < 4.78 is 5.13. The van der Waals surface area contributed by atoms with E-state index < -0.39 is 0 Å². The Kier molecular flexibility index (Phi) is 7.85. The molecule has 0 radical (unpaired) electrons. The van der Waals surface area contributed by atoms with Crippen LogP contribution in [0.5, 0.6) is 5.75 Å². The first-order valence-corrected chi connectivity index (χ1v) is 10.6. The van der Waals surface area contributed by atoms with E-state index in [1.807, 2.05) is 24.3 Å². The molecular weight excluding hydrogens is 378 g/mol. The van der Waals surface area contributed by atoms with Gasteiger partial charge in [0.05, 0.1) is 13.7 Å². The maximum atomic E-state index is 12.4. The number of carbonyl (C=O) groups excluding carboxylic acids is 2. The molecule has 0 heterocycles. The Morgan fingerprint density at radius 1 is 1.07 bits per heavy atom. The van der Waals surface area contributed by atoms with Crippen molar-refractivity contribution in [1.29, 1.82) is 0 Å². The third-order valence-corrected chi connectivity index (χ3v) is 5.65. The molecule has 160 valence electrons. The summed E-state index contributed by atoms with van der Waals surface area (Å²) in [6, 6.07) is 15.3. The number of rotatable bonds is 8. The normalized spacial score (nSPS) is 14.4. The Hall–Kier alpha value is -2.86. The highest BCUT2D eigenvalue weighted by atomic mass is 16.5. The summed E-state index contributed by atoms with van der Waals surface area (Å²) in [5, 5.41) is 5.61. The molecule has 0 aromatic heterocycles. The van der Waals surface area contributed by atoms with Crippen molar-refractivity contribution >= 4 is 17.5 Å². The minimum atomic E-state index is -0.311. The smallest absolute Gasteiger partial charge is 0.251 e. The highest BCUT2D eigenvalue weighted by Gasteiger charge is 2.19. The Morgan fingerprint density at radius 3 is 2.60 bits per heavy atom.